The Labute approximate surface area is 133 Å². The standard InChI is InChI=1S/C16H16ClN3O2/c1-11-4-2-3-5-14(11)15(21)20-7-6-13(10-20)22-16-18-8-12(17)9-19-16/h2-5,8-9,13H,6-7,10H2,1H3/t13-/m1/s1. The number of carbonyl (C=O) groups excluding carboxylic acids is 1. The summed E-state index contributed by atoms with van der Waals surface area (Å²) in [4.78, 5) is 22.4. The first-order valence-electron chi connectivity index (χ1n) is 7.12. The zero-order valence-electron chi connectivity index (χ0n) is 12.2. The van der Waals surface area contributed by atoms with Crippen molar-refractivity contribution in [1.82, 2.24) is 14.9 Å². The summed E-state index contributed by atoms with van der Waals surface area (Å²) in [5, 5.41) is 0.468. The van der Waals surface area contributed by atoms with Gasteiger partial charge in [-0.2, -0.15) is 0 Å². The van der Waals surface area contributed by atoms with E-state index in [-0.39, 0.29) is 12.0 Å². The van der Waals surface area contributed by atoms with E-state index in [2.05, 4.69) is 9.97 Å². The highest BCUT2D eigenvalue weighted by Crippen LogP contribution is 2.19. The van der Waals surface area contributed by atoms with Crippen LogP contribution < -0.4 is 4.74 Å². The zero-order chi connectivity index (χ0) is 15.5. The maximum Gasteiger partial charge on any atom is 0.316 e. The van der Waals surface area contributed by atoms with Gasteiger partial charge in [-0.15, -0.1) is 0 Å². The van der Waals surface area contributed by atoms with Gasteiger partial charge in [0.05, 0.1) is 24.0 Å². The van der Waals surface area contributed by atoms with Gasteiger partial charge >= 0.3 is 6.01 Å². The van der Waals surface area contributed by atoms with Gasteiger partial charge in [-0.1, -0.05) is 29.8 Å². The summed E-state index contributed by atoms with van der Waals surface area (Å²) in [5.74, 6) is 0.0428. The second-order valence-electron chi connectivity index (χ2n) is 5.28. The Balaban J connectivity index is 1.63. The summed E-state index contributed by atoms with van der Waals surface area (Å²) >= 11 is 5.74. The van der Waals surface area contributed by atoms with Crippen molar-refractivity contribution in [3.8, 4) is 6.01 Å². The fourth-order valence-corrected chi connectivity index (χ4v) is 2.60. The Morgan fingerprint density at radius 3 is 2.77 bits per heavy atom. The molecule has 1 aromatic carbocycles. The van der Waals surface area contributed by atoms with Crippen molar-refractivity contribution >= 4 is 17.5 Å². The highest BCUT2D eigenvalue weighted by Gasteiger charge is 2.29. The molecule has 1 aromatic heterocycles. The van der Waals surface area contributed by atoms with Gasteiger partial charge in [-0.3, -0.25) is 4.79 Å². The number of likely N-dealkylation sites (tertiary alicyclic amines) is 1. The van der Waals surface area contributed by atoms with Gasteiger partial charge in [0.2, 0.25) is 0 Å². The van der Waals surface area contributed by atoms with Crippen LogP contribution in [0.1, 0.15) is 22.3 Å². The number of halogens is 1. The summed E-state index contributed by atoms with van der Waals surface area (Å²) < 4.78 is 5.70. The molecule has 0 aliphatic carbocycles. The van der Waals surface area contributed by atoms with Gasteiger partial charge in [0.25, 0.3) is 5.91 Å². The highest BCUT2D eigenvalue weighted by atomic mass is 35.5. The minimum atomic E-state index is -0.0888. The third-order valence-electron chi connectivity index (χ3n) is 3.68. The molecule has 1 aliphatic rings. The second kappa shape index (κ2) is 6.32. The van der Waals surface area contributed by atoms with Crippen LogP contribution >= 0.6 is 11.6 Å². The molecule has 0 bridgehead atoms. The number of rotatable bonds is 3. The van der Waals surface area contributed by atoms with Crippen molar-refractivity contribution in [3.05, 3.63) is 52.8 Å². The average Bonchev–Trinajstić information content (AvgIpc) is 2.98. The number of hydrogen-bond acceptors (Lipinski definition) is 4. The third-order valence-corrected chi connectivity index (χ3v) is 3.87. The lowest BCUT2D eigenvalue weighted by molar-refractivity contribution is 0.0769. The van der Waals surface area contributed by atoms with Gasteiger partial charge in [0.15, 0.2) is 0 Å². The molecule has 6 heteroatoms. The van der Waals surface area contributed by atoms with Crippen molar-refractivity contribution in [2.75, 3.05) is 13.1 Å². The lowest BCUT2D eigenvalue weighted by Gasteiger charge is -2.17. The van der Waals surface area contributed by atoms with Crippen LogP contribution in [0.25, 0.3) is 0 Å². The molecular formula is C16H16ClN3O2. The molecular weight excluding hydrogens is 302 g/mol. The van der Waals surface area contributed by atoms with Gasteiger partial charge < -0.3 is 9.64 Å². The number of aryl methyl sites for hydroxylation is 1. The summed E-state index contributed by atoms with van der Waals surface area (Å²) in [6.45, 7) is 3.16. The normalized spacial score (nSPS) is 17.5. The fourth-order valence-electron chi connectivity index (χ4n) is 2.50. The molecule has 0 saturated carbocycles. The molecule has 0 N–H and O–H groups in total. The van der Waals surface area contributed by atoms with E-state index in [4.69, 9.17) is 16.3 Å². The molecule has 0 spiro atoms. The minimum absolute atomic E-state index is 0.0428. The van der Waals surface area contributed by atoms with Crippen LogP contribution in [0.15, 0.2) is 36.7 Å². The quantitative estimate of drug-likeness (QED) is 0.873. The monoisotopic (exact) mass is 317 g/mol. The Morgan fingerprint density at radius 1 is 1.32 bits per heavy atom. The van der Waals surface area contributed by atoms with Crippen LogP contribution in [0.4, 0.5) is 0 Å². The summed E-state index contributed by atoms with van der Waals surface area (Å²) in [6.07, 6.45) is 3.67. The van der Waals surface area contributed by atoms with Gasteiger partial charge in [0, 0.05) is 18.5 Å². The van der Waals surface area contributed by atoms with E-state index in [0.717, 1.165) is 17.5 Å². The number of ether oxygens (including phenoxy) is 1. The summed E-state index contributed by atoms with van der Waals surface area (Å²) in [7, 11) is 0. The largest absolute Gasteiger partial charge is 0.458 e. The number of aromatic nitrogens is 2. The molecule has 1 aliphatic heterocycles. The Kier molecular flexibility index (Phi) is 4.24. The molecule has 22 heavy (non-hydrogen) atoms. The smallest absolute Gasteiger partial charge is 0.316 e. The van der Waals surface area contributed by atoms with Crippen molar-refractivity contribution in [2.24, 2.45) is 0 Å². The van der Waals surface area contributed by atoms with E-state index < -0.39 is 0 Å². The Bertz CT molecular complexity index is 675. The first-order valence-corrected chi connectivity index (χ1v) is 7.50. The molecule has 3 rings (SSSR count). The molecule has 1 amide bonds. The summed E-state index contributed by atoms with van der Waals surface area (Å²) in [5.41, 5.74) is 1.73. The first-order chi connectivity index (χ1) is 10.6. The molecule has 2 aromatic rings. The highest BCUT2D eigenvalue weighted by molar-refractivity contribution is 6.30. The summed E-state index contributed by atoms with van der Waals surface area (Å²) in [6, 6.07) is 7.90. The van der Waals surface area contributed by atoms with Crippen LogP contribution in [0.5, 0.6) is 6.01 Å². The molecule has 1 saturated heterocycles. The minimum Gasteiger partial charge on any atom is -0.458 e. The van der Waals surface area contributed by atoms with E-state index in [9.17, 15) is 4.79 Å². The molecule has 2 heterocycles. The van der Waals surface area contributed by atoms with Crippen molar-refractivity contribution in [2.45, 2.75) is 19.4 Å². The van der Waals surface area contributed by atoms with E-state index >= 15 is 0 Å². The van der Waals surface area contributed by atoms with Crippen LogP contribution in [-0.4, -0.2) is 40.0 Å². The number of hydrogen-bond donors (Lipinski definition) is 0. The second-order valence-corrected chi connectivity index (χ2v) is 5.71. The van der Waals surface area contributed by atoms with Crippen molar-refractivity contribution in [1.29, 1.82) is 0 Å². The molecule has 1 atom stereocenters. The maximum atomic E-state index is 12.5. The van der Waals surface area contributed by atoms with Gasteiger partial charge in [-0.25, -0.2) is 9.97 Å². The SMILES string of the molecule is Cc1ccccc1C(=O)N1CC[C@@H](Oc2ncc(Cl)cn2)C1. The lowest BCUT2D eigenvalue weighted by Crippen LogP contribution is -2.31. The number of carbonyl (C=O) groups is 1. The van der Waals surface area contributed by atoms with Gasteiger partial charge in [-0.05, 0) is 18.6 Å². The fraction of sp³-hybridized carbons (Fsp3) is 0.312. The van der Waals surface area contributed by atoms with E-state index in [1.165, 1.54) is 12.4 Å². The van der Waals surface area contributed by atoms with Crippen LogP contribution in [0, 0.1) is 6.92 Å². The first kappa shape index (κ1) is 14.8. The predicted molar refractivity (Wildman–Crippen MR) is 83.2 cm³/mol. The van der Waals surface area contributed by atoms with E-state index in [1.807, 2.05) is 36.1 Å². The molecule has 114 valence electrons. The number of benzene rings is 1. The lowest BCUT2D eigenvalue weighted by atomic mass is 10.1. The average molecular weight is 318 g/mol. The van der Waals surface area contributed by atoms with Crippen LogP contribution in [0.2, 0.25) is 5.02 Å². The van der Waals surface area contributed by atoms with Crippen molar-refractivity contribution in [3.63, 3.8) is 0 Å². The van der Waals surface area contributed by atoms with Gasteiger partial charge in [0.1, 0.15) is 6.10 Å². The molecule has 0 radical (unpaired) electrons. The molecule has 0 unspecified atom stereocenters. The Hall–Kier alpha value is -2.14. The van der Waals surface area contributed by atoms with Crippen molar-refractivity contribution < 1.29 is 9.53 Å². The van der Waals surface area contributed by atoms with E-state index in [1.54, 1.807) is 0 Å². The van der Waals surface area contributed by atoms with Crippen LogP contribution in [0.3, 0.4) is 0 Å². The van der Waals surface area contributed by atoms with Crippen LogP contribution in [-0.2, 0) is 0 Å². The predicted octanol–water partition coefficient (Wildman–Crippen LogP) is 2.73. The zero-order valence-corrected chi connectivity index (χ0v) is 13.0. The maximum absolute atomic E-state index is 12.5. The molecule has 1 fully saturated rings. The number of nitrogens with zero attached hydrogens (tertiary/aromatic N) is 3. The molecule has 5 nitrogen and oxygen atoms in total. The topological polar surface area (TPSA) is 55.3 Å². The van der Waals surface area contributed by atoms with E-state index in [0.29, 0.717) is 24.1 Å². The third kappa shape index (κ3) is 3.20. The Morgan fingerprint density at radius 2 is 2.05 bits per heavy atom. The number of amides is 1.